The van der Waals surface area contributed by atoms with Gasteiger partial charge in [-0.2, -0.15) is 0 Å². The molecule has 1 aliphatic heterocycles. The lowest BCUT2D eigenvalue weighted by Gasteiger charge is -2.39. The minimum Gasteiger partial charge on any atom is -0.338 e. The van der Waals surface area contributed by atoms with Gasteiger partial charge in [-0.3, -0.25) is 4.79 Å². The molecule has 15 heavy (non-hydrogen) atoms. The summed E-state index contributed by atoms with van der Waals surface area (Å²) in [4.78, 5) is 14.1. The molecule has 0 radical (unpaired) electrons. The number of carbonyl (C=O) groups excluding carboxylic acids is 1. The third-order valence-corrected chi connectivity index (χ3v) is 3.67. The molecule has 2 rings (SSSR count). The van der Waals surface area contributed by atoms with Gasteiger partial charge in [-0.05, 0) is 38.1 Å². The normalized spacial score (nSPS) is 35.7. The van der Waals surface area contributed by atoms with Gasteiger partial charge in [0.25, 0.3) is 0 Å². The molecule has 1 atom stereocenters. The Kier molecular flexibility index (Phi) is 3.29. The van der Waals surface area contributed by atoms with E-state index in [2.05, 4.69) is 24.1 Å². The van der Waals surface area contributed by atoms with Gasteiger partial charge in [0.2, 0.25) is 5.91 Å². The molecule has 3 nitrogen and oxygen atoms in total. The van der Waals surface area contributed by atoms with Crippen molar-refractivity contribution in [3.8, 4) is 0 Å². The fourth-order valence-corrected chi connectivity index (χ4v) is 2.69. The largest absolute Gasteiger partial charge is 0.338 e. The summed E-state index contributed by atoms with van der Waals surface area (Å²) in [6.07, 6.45) is 4.53. The Morgan fingerprint density at radius 2 is 2.20 bits per heavy atom. The number of hydrogen-bond donors (Lipinski definition) is 1. The van der Waals surface area contributed by atoms with Crippen molar-refractivity contribution in [2.45, 2.75) is 51.6 Å². The van der Waals surface area contributed by atoms with Crippen LogP contribution in [0.4, 0.5) is 0 Å². The zero-order valence-corrected chi connectivity index (χ0v) is 9.83. The Hall–Kier alpha value is -0.570. The first-order valence-electron chi connectivity index (χ1n) is 6.26. The quantitative estimate of drug-likeness (QED) is 0.760. The van der Waals surface area contributed by atoms with Crippen molar-refractivity contribution in [1.82, 2.24) is 10.2 Å². The lowest BCUT2D eigenvalue weighted by Crippen LogP contribution is -2.47. The van der Waals surface area contributed by atoms with Crippen LogP contribution in [0.25, 0.3) is 0 Å². The molecule has 1 heterocycles. The first-order chi connectivity index (χ1) is 7.22. The summed E-state index contributed by atoms with van der Waals surface area (Å²) in [6, 6.07) is 0.668. The zero-order chi connectivity index (χ0) is 10.8. The standard InChI is InChI=1S/C12H22N2O/c1-3-5-13-11-4-6-14(12(11)15)10-7-9(2)8-10/h9-11,13H,3-8H2,1-2H3. The highest BCUT2D eigenvalue weighted by molar-refractivity contribution is 5.84. The monoisotopic (exact) mass is 210 g/mol. The van der Waals surface area contributed by atoms with Gasteiger partial charge in [0, 0.05) is 12.6 Å². The van der Waals surface area contributed by atoms with Gasteiger partial charge in [-0.25, -0.2) is 0 Å². The number of carbonyl (C=O) groups is 1. The second kappa shape index (κ2) is 4.52. The van der Waals surface area contributed by atoms with Crippen molar-refractivity contribution in [2.75, 3.05) is 13.1 Å². The van der Waals surface area contributed by atoms with Gasteiger partial charge in [0.05, 0.1) is 6.04 Å². The van der Waals surface area contributed by atoms with E-state index in [1.54, 1.807) is 0 Å². The summed E-state index contributed by atoms with van der Waals surface area (Å²) in [5.74, 6) is 1.17. The molecule has 0 aromatic carbocycles. The predicted molar refractivity (Wildman–Crippen MR) is 60.6 cm³/mol. The molecule has 2 fully saturated rings. The van der Waals surface area contributed by atoms with E-state index >= 15 is 0 Å². The fraction of sp³-hybridized carbons (Fsp3) is 0.917. The van der Waals surface area contributed by atoms with Crippen LogP contribution in [0.5, 0.6) is 0 Å². The van der Waals surface area contributed by atoms with Crippen LogP contribution < -0.4 is 5.32 Å². The van der Waals surface area contributed by atoms with Crippen molar-refractivity contribution in [2.24, 2.45) is 5.92 Å². The zero-order valence-electron chi connectivity index (χ0n) is 9.83. The van der Waals surface area contributed by atoms with Crippen molar-refractivity contribution in [1.29, 1.82) is 0 Å². The summed E-state index contributed by atoms with van der Waals surface area (Å²) in [7, 11) is 0. The molecule has 0 aromatic heterocycles. The molecule has 86 valence electrons. The maximum atomic E-state index is 12.0. The van der Waals surface area contributed by atoms with Gasteiger partial charge >= 0.3 is 0 Å². The van der Waals surface area contributed by atoms with E-state index in [0.29, 0.717) is 11.9 Å². The molecular weight excluding hydrogens is 188 g/mol. The Labute approximate surface area is 92.2 Å². The maximum Gasteiger partial charge on any atom is 0.240 e. The van der Waals surface area contributed by atoms with Gasteiger partial charge in [-0.15, -0.1) is 0 Å². The van der Waals surface area contributed by atoms with Crippen LogP contribution >= 0.6 is 0 Å². The Bertz CT molecular complexity index is 236. The van der Waals surface area contributed by atoms with Crippen LogP contribution in [0.2, 0.25) is 0 Å². The minimum absolute atomic E-state index is 0.112. The highest BCUT2D eigenvalue weighted by Gasteiger charge is 2.39. The molecule has 1 N–H and O–H groups in total. The molecule has 1 unspecified atom stereocenters. The number of hydrogen-bond acceptors (Lipinski definition) is 2. The topological polar surface area (TPSA) is 32.3 Å². The van der Waals surface area contributed by atoms with E-state index in [4.69, 9.17) is 0 Å². The first kappa shape index (κ1) is 10.9. The molecule has 2 aliphatic rings. The van der Waals surface area contributed by atoms with Gasteiger partial charge < -0.3 is 10.2 Å². The summed E-state index contributed by atoms with van der Waals surface area (Å²) in [5.41, 5.74) is 0. The Morgan fingerprint density at radius 1 is 1.47 bits per heavy atom. The first-order valence-corrected chi connectivity index (χ1v) is 6.26. The van der Waals surface area contributed by atoms with Crippen molar-refractivity contribution in [3.63, 3.8) is 0 Å². The van der Waals surface area contributed by atoms with Crippen LogP contribution in [0, 0.1) is 5.92 Å². The number of likely N-dealkylation sites (tertiary alicyclic amines) is 1. The molecule has 1 saturated heterocycles. The second-order valence-corrected chi connectivity index (χ2v) is 5.06. The van der Waals surface area contributed by atoms with E-state index in [0.717, 1.165) is 31.8 Å². The molecule has 0 aromatic rings. The maximum absolute atomic E-state index is 12.0. The van der Waals surface area contributed by atoms with Gasteiger partial charge in [-0.1, -0.05) is 13.8 Å². The molecular formula is C12H22N2O. The van der Waals surface area contributed by atoms with Crippen LogP contribution in [-0.4, -0.2) is 36.0 Å². The lowest BCUT2D eigenvalue weighted by molar-refractivity contribution is -0.133. The Morgan fingerprint density at radius 3 is 2.80 bits per heavy atom. The molecule has 0 bridgehead atoms. The molecule has 1 aliphatic carbocycles. The van der Waals surface area contributed by atoms with E-state index in [9.17, 15) is 4.79 Å². The van der Waals surface area contributed by atoms with Gasteiger partial charge in [0.15, 0.2) is 0 Å². The van der Waals surface area contributed by atoms with Gasteiger partial charge in [0.1, 0.15) is 0 Å². The summed E-state index contributed by atoms with van der Waals surface area (Å²) < 4.78 is 0. The average Bonchev–Trinajstić information content (AvgIpc) is 2.52. The van der Waals surface area contributed by atoms with Crippen LogP contribution in [0.3, 0.4) is 0 Å². The third-order valence-electron chi connectivity index (χ3n) is 3.67. The van der Waals surface area contributed by atoms with E-state index < -0.39 is 0 Å². The van der Waals surface area contributed by atoms with Crippen molar-refractivity contribution >= 4 is 5.91 Å². The molecule has 3 heteroatoms. The number of nitrogens with zero attached hydrogens (tertiary/aromatic N) is 1. The van der Waals surface area contributed by atoms with E-state index in [-0.39, 0.29) is 6.04 Å². The summed E-state index contributed by atoms with van der Waals surface area (Å²) in [5, 5.41) is 3.33. The highest BCUT2D eigenvalue weighted by Crippen LogP contribution is 2.33. The average molecular weight is 210 g/mol. The number of nitrogens with one attached hydrogen (secondary N) is 1. The van der Waals surface area contributed by atoms with Crippen LogP contribution in [-0.2, 0) is 4.79 Å². The predicted octanol–water partition coefficient (Wildman–Crippen LogP) is 1.39. The van der Waals surface area contributed by atoms with Crippen LogP contribution in [0.1, 0.15) is 39.5 Å². The fourth-order valence-electron chi connectivity index (χ4n) is 2.69. The SMILES string of the molecule is CCCNC1CCN(C2CC(C)C2)C1=O. The Balaban J connectivity index is 1.82. The van der Waals surface area contributed by atoms with Crippen LogP contribution in [0.15, 0.2) is 0 Å². The molecule has 1 saturated carbocycles. The molecule has 0 spiro atoms. The number of rotatable bonds is 4. The van der Waals surface area contributed by atoms with E-state index in [1.807, 2.05) is 0 Å². The highest BCUT2D eigenvalue weighted by atomic mass is 16.2. The second-order valence-electron chi connectivity index (χ2n) is 5.06. The summed E-state index contributed by atoms with van der Waals surface area (Å²) in [6.45, 7) is 6.34. The van der Waals surface area contributed by atoms with Crippen molar-refractivity contribution in [3.05, 3.63) is 0 Å². The summed E-state index contributed by atoms with van der Waals surface area (Å²) >= 11 is 0. The minimum atomic E-state index is 0.112. The van der Waals surface area contributed by atoms with E-state index in [1.165, 1.54) is 12.8 Å². The molecule has 1 amide bonds. The van der Waals surface area contributed by atoms with Crippen molar-refractivity contribution < 1.29 is 4.79 Å². The third kappa shape index (κ3) is 2.17. The number of amides is 1. The lowest BCUT2D eigenvalue weighted by atomic mass is 9.81. The smallest absolute Gasteiger partial charge is 0.240 e.